The Balaban J connectivity index is 2.38. The normalized spacial score (nSPS) is 18.6. The number of aromatic amines is 2. The lowest BCUT2D eigenvalue weighted by molar-refractivity contribution is 0.153. The zero-order valence-electron chi connectivity index (χ0n) is 7.50. The van der Waals surface area contributed by atoms with Crippen molar-refractivity contribution in [2.45, 2.75) is 18.4 Å². The van der Waals surface area contributed by atoms with Crippen LogP contribution in [0.4, 0.5) is 0 Å². The van der Waals surface area contributed by atoms with Gasteiger partial charge in [0.15, 0.2) is 0 Å². The fourth-order valence-corrected chi connectivity index (χ4v) is 1.83. The third-order valence-corrected chi connectivity index (χ3v) is 2.78. The Morgan fingerprint density at radius 1 is 1.29 bits per heavy atom. The van der Waals surface area contributed by atoms with Crippen molar-refractivity contribution >= 4 is 11.0 Å². The molecule has 1 aromatic heterocycles. The van der Waals surface area contributed by atoms with Crippen molar-refractivity contribution < 1.29 is 5.11 Å². The number of aromatic nitrogens is 2. The maximum Gasteiger partial charge on any atom is 0.323 e. The number of fused-ring (bicyclic) bond motifs is 1. The number of para-hydroxylation sites is 1. The number of H-pyrrole nitrogens is 2. The van der Waals surface area contributed by atoms with Gasteiger partial charge in [-0.05, 0) is 18.9 Å². The van der Waals surface area contributed by atoms with Crippen molar-refractivity contribution in [2.24, 2.45) is 0 Å². The molecule has 0 saturated heterocycles. The Kier molecular flexibility index (Phi) is 1.27. The standard InChI is InChI=1S/C10H10N2O2/c13-9-11-7-3-1-2-6(8(7)12-9)10(14)4-5-10/h1-3,14H,4-5H2,(H2,11,12,13). The van der Waals surface area contributed by atoms with Gasteiger partial charge >= 0.3 is 5.69 Å². The first-order valence-electron chi connectivity index (χ1n) is 4.63. The Hall–Kier alpha value is -1.55. The van der Waals surface area contributed by atoms with E-state index in [0.717, 1.165) is 29.4 Å². The molecule has 14 heavy (non-hydrogen) atoms. The molecule has 0 unspecified atom stereocenters. The van der Waals surface area contributed by atoms with E-state index in [9.17, 15) is 9.90 Å². The predicted molar refractivity (Wildman–Crippen MR) is 52.1 cm³/mol. The van der Waals surface area contributed by atoms with Crippen LogP contribution in [0.25, 0.3) is 11.0 Å². The molecule has 0 aliphatic heterocycles. The van der Waals surface area contributed by atoms with E-state index in [4.69, 9.17) is 0 Å². The minimum Gasteiger partial charge on any atom is -0.385 e. The van der Waals surface area contributed by atoms with Crippen molar-refractivity contribution in [1.29, 1.82) is 0 Å². The Morgan fingerprint density at radius 3 is 2.79 bits per heavy atom. The predicted octanol–water partition coefficient (Wildman–Crippen LogP) is 0.838. The quantitative estimate of drug-likeness (QED) is 0.623. The van der Waals surface area contributed by atoms with Crippen LogP contribution >= 0.6 is 0 Å². The summed E-state index contributed by atoms with van der Waals surface area (Å²) in [4.78, 5) is 16.5. The van der Waals surface area contributed by atoms with Crippen LogP contribution in [-0.4, -0.2) is 15.1 Å². The fourth-order valence-electron chi connectivity index (χ4n) is 1.83. The number of rotatable bonds is 1. The summed E-state index contributed by atoms with van der Waals surface area (Å²) in [6, 6.07) is 5.53. The van der Waals surface area contributed by atoms with Gasteiger partial charge in [0, 0.05) is 5.56 Å². The third kappa shape index (κ3) is 0.943. The molecule has 1 aliphatic rings. The summed E-state index contributed by atoms with van der Waals surface area (Å²) >= 11 is 0. The number of aliphatic hydroxyl groups is 1. The largest absolute Gasteiger partial charge is 0.385 e. The molecule has 3 N–H and O–H groups in total. The summed E-state index contributed by atoms with van der Waals surface area (Å²) < 4.78 is 0. The summed E-state index contributed by atoms with van der Waals surface area (Å²) in [6.45, 7) is 0. The lowest BCUT2D eigenvalue weighted by atomic mass is 10.1. The third-order valence-electron chi connectivity index (χ3n) is 2.78. The topological polar surface area (TPSA) is 68.9 Å². The molecule has 0 radical (unpaired) electrons. The number of imidazole rings is 1. The second-order valence-corrected chi connectivity index (χ2v) is 3.84. The molecule has 2 aromatic rings. The highest BCUT2D eigenvalue weighted by Gasteiger charge is 2.43. The second-order valence-electron chi connectivity index (χ2n) is 3.84. The molecule has 0 bridgehead atoms. The maximum absolute atomic E-state index is 11.1. The van der Waals surface area contributed by atoms with Gasteiger partial charge in [-0.25, -0.2) is 4.79 Å². The molecular weight excluding hydrogens is 180 g/mol. The summed E-state index contributed by atoms with van der Waals surface area (Å²) in [5.41, 5.74) is 1.39. The van der Waals surface area contributed by atoms with Gasteiger partial charge in [0.25, 0.3) is 0 Å². The summed E-state index contributed by atoms with van der Waals surface area (Å²) in [7, 11) is 0. The molecule has 1 saturated carbocycles. The lowest BCUT2D eigenvalue weighted by Gasteiger charge is -2.07. The van der Waals surface area contributed by atoms with E-state index in [1.165, 1.54) is 0 Å². The lowest BCUT2D eigenvalue weighted by Crippen LogP contribution is -2.05. The molecule has 1 aromatic carbocycles. The van der Waals surface area contributed by atoms with Crippen LogP contribution in [-0.2, 0) is 5.60 Å². The van der Waals surface area contributed by atoms with Gasteiger partial charge in [0.1, 0.15) is 0 Å². The van der Waals surface area contributed by atoms with Gasteiger partial charge in [0.2, 0.25) is 0 Å². The highest BCUT2D eigenvalue weighted by Crippen LogP contribution is 2.46. The van der Waals surface area contributed by atoms with Gasteiger partial charge in [-0.2, -0.15) is 0 Å². The monoisotopic (exact) mass is 190 g/mol. The van der Waals surface area contributed by atoms with Crippen molar-refractivity contribution in [3.05, 3.63) is 34.2 Å². The first-order valence-corrected chi connectivity index (χ1v) is 4.63. The molecule has 0 amide bonds. The molecule has 1 aliphatic carbocycles. The van der Waals surface area contributed by atoms with Crippen LogP contribution in [0, 0.1) is 0 Å². The molecule has 0 atom stereocenters. The van der Waals surface area contributed by atoms with Crippen LogP contribution in [0.2, 0.25) is 0 Å². The molecule has 1 fully saturated rings. The van der Waals surface area contributed by atoms with Crippen LogP contribution in [0.3, 0.4) is 0 Å². The van der Waals surface area contributed by atoms with Gasteiger partial charge in [0.05, 0.1) is 16.6 Å². The molecule has 4 heteroatoms. The molecule has 0 spiro atoms. The minimum absolute atomic E-state index is 0.225. The van der Waals surface area contributed by atoms with E-state index in [1.54, 1.807) is 0 Å². The average Bonchev–Trinajstić information content (AvgIpc) is 2.78. The Morgan fingerprint density at radius 2 is 2.07 bits per heavy atom. The first-order chi connectivity index (χ1) is 6.69. The summed E-state index contributed by atoms with van der Waals surface area (Å²) in [5, 5.41) is 9.97. The molecule has 4 nitrogen and oxygen atoms in total. The van der Waals surface area contributed by atoms with Crippen molar-refractivity contribution in [3.8, 4) is 0 Å². The summed E-state index contributed by atoms with van der Waals surface area (Å²) in [5.74, 6) is 0. The smallest absolute Gasteiger partial charge is 0.323 e. The molecule has 1 heterocycles. The molecular formula is C10H10N2O2. The van der Waals surface area contributed by atoms with E-state index < -0.39 is 5.60 Å². The Bertz CT molecular complexity index is 548. The average molecular weight is 190 g/mol. The number of benzene rings is 1. The second kappa shape index (κ2) is 2.27. The van der Waals surface area contributed by atoms with E-state index in [0.29, 0.717) is 0 Å². The van der Waals surface area contributed by atoms with Crippen LogP contribution in [0.15, 0.2) is 23.0 Å². The Labute approximate surface area is 79.6 Å². The van der Waals surface area contributed by atoms with Crippen molar-refractivity contribution in [3.63, 3.8) is 0 Å². The van der Waals surface area contributed by atoms with Gasteiger partial charge in [-0.15, -0.1) is 0 Å². The van der Waals surface area contributed by atoms with Gasteiger partial charge in [-0.1, -0.05) is 12.1 Å². The zero-order valence-corrected chi connectivity index (χ0v) is 7.50. The summed E-state index contributed by atoms with van der Waals surface area (Å²) in [6.07, 6.45) is 1.55. The maximum atomic E-state index is 11.1. The zero-order chi connectivity index (χ0) is 9.76. The van der Waals surface area contributed by atoms with Crippen LogP contribution < -0.4 is 5.69 Å². The molecule has 72 valence electrons. The number of nitrogens with one attached hydrogen (secondary N) is 2. The van der Waals surface area contributed by atoms with Crippen molar-refractivity contribution in [1.82, 2.24) is 9.97 Å². The van der Waals surface area contributed by atoms with E-state index >= 15 is 0 Å². The first kappa shape index (κ1) is 7.82. The van der Waals surface area contributed by atoms with Crippen LogP contribution in [0.1, 0.15) is 18.4 Å². The van der Waals surface area contributed by atoms with E-state index in [2.05, 4.69) is 9.97 Å². The van der Waals surface area contributed by atoms with Crippen LogP contribution in [0.5, 0.6) is 0 Å². The van der Waals surface area contributed by atoms with Gasteiger partial charge in [-0.3, -0.25) is 0 Å². The molecule has 3 rings (SSSR count). The van der Waals surface area contributed by atoms with E-state index in [-0.39, 0.29) is 5.69 Å². The van der Waals surface area contributed by atoms with Crippen molar-refractivity contribution in [2.75, 3.05) is 0 Å². The minimum atomic E-state index is -0.704. The number of hydrogen-bond acceptors (Lipinski definition) is 2. The highest BCUT2D eigenvalue weighted by molar-refractivity contribution is 5.79. The SMILES string of the molecule is O=c1[nH]c2cccc(C3(O)CC3)c2[nH]1. The van der Waals surface area contributed by atoms with E-state index in [1.807, 2.05) is 18.2 Å². The fraction of sp³-hybridized carbons (Fsp3) is 0.300. The van der Waals surface area contributed by atoms with Gasteiger partial charge < -0.3 is 15.1 Å². The highest BCUT2D eigenvalue weighted by atomic mass is 16.3. The number of hydrogen-bond donors (Lipinski definition) is 3.